The van der Waals surface area contributed by atoms with Gasteiger partial charge in [0.05, 0.1) is 6.10 Å². The molecule has 0 radical (unpaired) electrons. The zero-order chi connectivity index (χ0) is 13.9. The third-order valence-corrected chi connectivity index (χ3v) is 4.68. The van der Waals surface area contributed by atoms with Crippen molar-refractivity contribution in [2.75, 3.05) is 31.1 Å². The molecule has 1 aromatic carbocycles. The highest BCUT2D eigenvalue weighted by atomic mass is 16.5. The summed E-state index contributed by atoms with van der Waals surface area (Å²) in [4.78, 5) is 5.17. The molecule has 3 heteroatoms. The molecule has 0 spiro atoms. The second-order valence-electron chi connectivity index (χ2n) is 6.11. The first-order valence-electron chi connectivity index (χ1n) is 8.02. The molecule has 2 aliphatic heterocycles. The van der Waals surface area contributed by atoms with Gasteiger partial charge in [-0.1, -0.05) is 13.0 Å². The quantitative estimate of drug-likeness (QED) is 0.839. The van der Waals surface area contributed by atoms with E-state index in [1.807, 2.05) is 0 Å². The highest BCUT2D eigenvalue weighted by Crippen LogP contribution is 2.28. The first-order valence-corrected chi connectivity index (χ1v) is 8.02. The Kier molecular flexibility index (Phi) is 4.16. The summed E-state index contributed by atoms with van der Waals surface area (Å²) in [6, 6.07) is 9.38. The molecule has 2 atom stereocenters. The van der Waals surface area contributed by atoms with Crippen molar-refractivity contribution in [2.24, 2.45) is 0 Å². The highest BCUT2D eigenvalue weighted by Gasteiger charge is 2.30. The van der Waals surface area contributed by atoms with Crippen LogP contribution in [0.4, 0.5) is 5.69 Å². The monoisotopic (exact) mass is 274 g/mol. The molecule has 3 nitrogen and oxygen atoms in total. The molecule has 3 rings (SSSR count). The first-order chi connectivity index (χ1) is 9.76. The van der Waals surface area contributed by atoms with Crippen LogP contribution in [0.25, 0.3) is 0 Å². The van der Waals surface area contributed by atoms with Crippen molar-refractivity contribution < 1.29 is 4.74 Å². The normalized spacial score (nSPS) is 24.5. The summed E-state index contributed by atoms with van der Waals surface area (Å²) in [7, 11) is 0. The van der Waals surface area contributed by atoms with E-state index in [1.54, 1.807) is 0 Å². The highest BCUT2D eigenvalue weighted by molar-refractivity contribution is 5.51. The van der Waals surface area contributed by atoms with E-state index in [4.69, 9.17) is 4.74 Å². The van der Waals surface area contributed by atoms with Crippen LogP contribution in [0, 0.1) is 0 Å². The van der Waals surface area contributed by atoms with E-state index in [-0.39, 0.29) is 6.10 Å². The van der Waals surface area contributed by atoms with Crippen LogP contribution in [0.5, 0.6) is 5.75 Å². The van der Waals surface area contributed by atoms with Crippen LogP contribution in [0.1, 0.15) is 33.1 Å². The number of nitrogens with zero attached hydrogens (tertiary/aromatic N) is 2. The first kappa shape index (κ1) is 13.7. The molecule has 0 N–H and O–H groups in total. The molecular formula is C17H26N2O. The van der Waals surface area contributed by atoms with Gasteiger partial charge in [-0.2, -0.15) is 0 Å². The molecule has 2 unspecified atom stereocenters. The molecule has 0 amide bonds. The average Bonchev–Trinajstić information content (AvgIpc) is 2.94. The second-order valence-corrected chi connectivity index (χ2v) is 6.11. The van der Waals surface area contributed by atoms with E-state index in [2.05, 4.69) is 47.9 Å². The Morgan fingerprint density at radius 2 is 2.20 bits per heavy atom. The number of rotatable bonds is 4. The predicted molar refractivity (Wildman–Crippen MR) is 83.6 cm³/mol. The van der Waals surface area contributed by atoms with Gasteiger partial charge in [-0.15, -0.1) is 0 Å². The predicted octanol–water partition coefficient (Wildman–Crippen LogP) is 3.15. The van der Waals surface area contributed by atoms with Crippen LogP contribution in [0.15, 0.2) is 24.3 Å². The number of fused-ring (bicyclic) bond motifs is 1. The molecule has 1 aromatic rings. The molecule has 0 bridgehead atoms. The minimum atomic E-state index is 0.289. The van der Waals surface area contributed by atoms with Crippen LogP contribution in [0.3, 0.4) is 0 Å². The SMILES string of the molecule is CCC(C)Oc1cccc(N2CCN3CCCC3C2)c1. The summed E-state index contributed by atoms with van der Waals surface area (Å²) in [5, 5.41) is 0. The molecule has 2 fully saturated rings. The van der Waals surface area contributed by atoms with Gasteiger partial charge < -0.3 is 9.64 Å². The van der Waals surface area contributed by atoms with Crippen LogP contribution in [-0.4, -0.2) is 43.2 Å². The largest absolute Gasteiger partial charge is 0.491 e. The van der Waals surface area contributed by atoms with E-state index in [9.17, 15) is 0 Å². The summed E-state index contributed by atoms with van der Waals surface area (Å²) in [5.74, 6) is 1.01. The maximum Gasteiger partial charge on any atom is 0.121 e. The number of hydrogen-bond donors (Lipinski definition) is 0. The van der Waals surface area contributed by atoms with Crippen molar-refractivity contribution in [1.29, 1.82) is 0 Å². The fourth-order valence-corrected chi connectivity index (χ4v) is 3.29. The van der Waals surface area contributed by atoms with Gasteiger partial charge in [-0.25, -0.2) is 0 Å². The van der Waals surface area contributed by atoms with Gasteiger partial charge in [-0.3, -0.25) is 4.90 Å². The summed E-state index contributed by atoms with van der Waals surface area (Å²) in [6.45, 7) is 9.12. The Balaban J connectivity index is 1.68. The third-order valence-electron chi connectivity index (χ3n) is 4.68. The molecule has 0 aromatic heterocycles. The van der Waals surface area contributed by atoms with Crippen molar-refractivity contribution in [3.63, 3.8) is 0 Å². The molecule has 2 aliphatic rings. The zero-order valence-electron chi connectivity index (χ0n) is 12.7. The molecule has 20 heavy (non-hydrogen) atoms. The topological polar surface area (TPSA) is 15.7 Å². The third kappa shape index (κ3) is 2.93. The smallest absolute Gasteiger partial charge is 0.121 e. The van der Waals surface area contributed by atoms with Crippen molar-refractivity contribution in [3.8, 4) is 5.75 Å². The zero-order valence-corrected chi connectivity index (χ0v) is 12.7. The van der Waals surface area contributed by atoms with Gasteiger partial charge >= 0.3 is 0 Å². The van der Waals surface area contributed by atoms with Gasteiger partial charge in [0.2, 0.25) is 0 Å². The fourth-order valence-electron chi connectivity index (χ4n) is 3.29. The second kappa shape index (κ2) is 6.04. The van der Waals surface area contributed by atoms with Gasteiger partial charge in [-0.05, 0) is 44.9 Å². The molecule has 0 aliphatic carbocycles. The van der Waals surface area contributed by atoms with Crippen molar-refractivity contribution >= 4 is 5.69 Å². The van der Waals surface area contributed by atoms with E-state index >= 15 is 0 Å². The Labute approximate surface area is 122 Å². The van der Waals surface area contributed by atoms with Crippen LogP contribution < -0.4 is 9.64 Å². The number of piperazine rings is 1. The summed E-state index contributed by atoms with van der Waals surface area (Å²) in [5.41, 5.74) is 1.32. The molecule has 110 valence electrons. The fraction of sp³-hybridized carbons (Fsp3) is 0.647. The van der Waals surface area contributed by atoms with E-state index in [0.29, 0.717) is 0 Å². The summed E-state index contributed by atoms with van der Waals surface area (Å²) in [6.07, 6.45) is 4.07. The van der Waals surface area contributed by atoms with Crippen molar-refractivity contribution in [2.45, 2.75) is 45.3 Å². The van der Waals surface area contributed by atoms with E-state index in [1.165, 1.54) is 38.2 Å². The van der Waals surface area contributed by atoms with Crippen LogP contribution >= 0.6 is 0 Å². The van der Waals surface area contributed by atoms with Gasteiger partial charge in [0.15, 0.2) is 0 Å². The Morgan fingerprint density at radius 3 is 3.05 bits per heavy atom. The minimum absolute atomic E-state index is 0.289. The van der Waals surface area contributed by atoms with Crippen molar-refractivity contribution in [1.82, 2.24) is 4.90 Å². The van der Waals surface area contributed by atoms with Gasteiger partial charge in [0.25, 0.3) is 0 Å². The number of anilines is 1. The van der Waals surface area contributed by atoms with Crippen LogP contribution in [0.2, 0.25) is 0 Å². The molecule has 2 saturated heterocycles. The Hall–Kier alpha value is -1.22. The number of ether oxygens (including phenoxy) is 1. The van der Waals surface area contributed by atoms with Gasteiger partial charge in [0.1, 0.15) is 5.75 Å². The maximum absolute atomic E-state index is 5.94. The summed E-state index contributed by atoms with van der Waals surface area (Å²) < 4.78 is 5.94. The lowest BCUT2D eigenvalue weighted by Gasteiger charge is -2.39. The molecule has 0 saturated carbocycles. The Bertz CT molecular complexity index is 448. The standard InChI is InChI=1S/C17H26N2O/c1-3-14(2)20-17-8-4-6-15(12-17)19-11-10-18-9-5-7-16(18)13-19/h4,6,8,12,14,16H,3,5,7,9-11,13H2,1-2H3. The van der Waals surface area contributed by atoms with Gasteiger partial charge in [0, 0.05) is 37.4 Å². The van der Waals surface area contributed by atoms with Crippen LogP contribution in [-0.2, 0) is 0 Å². The average molecular weight is 274 g/mol. The van der Waals surface area contributed by atoms with E-state index in [0.717, 1.165) is 24.8 Å². The number of benzene rings is 1. The number of hydrogen-bond acceptors (Lipinski definition) is 3. The minimum Gasteiger partial charge on any atom is -0.491 e. The maximum atomic E-state index is 5.94. The lowest BCUT2D eigenvalue weighted by molar-refractivity contribution is 0.217. The summed E-state index contributed by atoms with van der Waals surface area (Å²) >= 11 is 0. The van der Waals surface area contributed by atoms with E-state index < -0.39 is 0 Å². The van der Waals surface area contributed by atoms with Crippen molar-refractivity contribution in [3.05, 3.63) is 24.3 Å². The molecule has 2 heterocycles. The Morgan fingerprint density at radius 1 is 1.30 bits per heavy atom. The lowest BCUT2D eigenvalue weighted by atomic mass is 10.1. The molecular weight excluding hydrogens is 248 g/mol. The lowest BCUT2D eigenvalue weighted by Crippen LogP contribution is -2.50.